The predicted molar refractivity (Wildman–Crippen MR) is 74.0 cm³/mol. The Morgan fingerprint density at radius 3 is 2.44 bits per heavy atom. The number of hydrogen-bond donors (Lipinski definition) is 1. The van der Waals surface area contributed by atoms with Gasteiger partial charge in [0.15, 0.2) is 5.78 Å². The molecule has 92 valence electrons. The molecule has 1 aliphatic carbocycles. The van der Waals surface area contributed by atoms with Gasteiger partial charge in [-0.05, 0) is 20.3 Å². The maximum absolute atomic E-state index is 12.2. The minimum absolute atomic E-state index is 0.0983. The Hall–Kier alpha value is -1.96. The van der Waals surface area contributed by atoms with Crippen LogP contribution in [0.2, 0.25) is 0 Å². The number of nitrogens with one attached hydrogen (secondary N) is 1. The van der Waals surface area contributed by atoms with E-state index in [-0.39, 0.29) is 17.4 Å². The molecule has 0 amide bonds. The van der Waals surface area contributed by atoms with Crippen molar-refractivity contribution in [3.05, 3.63) is 59.2 Å². The van der Waals surface area contributed by atoms with Crippen LogP contribution in [0, 0.1) is 18.3 Å². The highest BCUT2D eigenvalue weighted by atomic mass is 16.1. The van der Waals surface area contributed by atoms with Crippen molar-refractivity contribution in [2.45, 2.75) is 20.3 Å². The summed E-state index contributed by atoms with van der Waals surface area (Å²) in [5.41, 5.74) is 3.12. The number of Topliss-reactive ketones (excluding diaryl/α,β-unsaturated/α-hetero) is 1. The Bertz CT molecular complexity index is 535. The van der Waals surface area contributed by atoms with Crippen LogP contribution in [0.25, 0.3) is 0 Å². The van der Waals surface area contributed by atoms with Crippen LogP contribution in [0.1, 0.15) is 24.5 Å². The summed E-state index contributed by atoms with van der Waals surface area (Å²) >= 11 is 0. The number of benzene rings is 1. The third-order valence-electron chi connectivity index (χ3n) is 3.21. The fourth-order valence-electron chi connectivity index (χ4n) is 1.97. The van der Waals surface area contributed by atoms with Crippen LogP contribution in [-0.4, -0.2) is 11.5 Å². The molecule has 1 atom stereocenters. The van der Waals surface area contributed by atoms with E-state index in [1.54, 1.807) is 0 Å². The highest BCUT2D eigenvalue weighted by molar-refractivity contribution is 6.45. The van der Waals surface area contributed by atoms with Crippen molar-refractivity contribution >= 4 is 11.5 Å². The summed E-state index contributed by atoms with van der Waals surface area (Å²) in [6, 6.07) is 7.53. The molecule has 0 aliphatic heterocycles. The smallest absolute Gasteiger partial charge is 0.188 e. The lowest BCUT2D eigenvalue weighted by Crippen LogP contribution is -2.23. The number of allylic oxidation sites excluding steroid dienone is 4. The monoisotopic (exact) mass is 239 g/mol. The van der Waals surface area contributed by atoms with Crippen LogP contribution in [0.3, 0.4) is 0 Å². The Morgan fingerprint density at radius 1 is 1.22 bits per heavy atom. The van der Waals surface area contributed by atoms with Gasteiger partial charge in [0.05, 0.1) is 0 Å². The number of carbonyl (C=O) groups excluding carboxylic acids is 1. The van der Waals surface area contributed by atoms with E-state index in [4.69, 9.17) is 5.41 Å². The number of ketones is 1. The molecule has 1 aromatic carbocycles. The second-order valence-electron chi connectivity index (χ2n) is 4.75. The molecule has 0 bridgehead atoms. The van der Waals surface area contributed by atoms with Gasteiger partial charge < -0.3 is 0 Å². The first-order valence-electron chi connectivity index (χ1n) is 6.12. The zero-order valence-electron chi connectivity index (χ0n) is 10.7. The fraction of sp³-hybridized carbons (Fsp3) is 0.250. The summed E-state index contributed by atoms with van der Waals surface area (Å²) in [4.78, 5) is 12.2. The van der Waals surface area contributed by atoms with E-state index >= 15 is 0 Å². The average Bonchev–Trinajstić information content (AvgIpc) is 2.39. The molecule has 2 rings (SSSR count). The first-order valence-corrected chi connectivity index (χ1v) is 6.12. The number of hydrogen-bond acceptors (Lipinski definition) is 2. The molecule has 0 saturated heterocycles. The van der Waals surface area contributed by atoms with Crippen LogP contribution in [-0.2, 0) is 4.79 Å². The zero-order valence-corrected chi connectivity index (χ0v) is 10.7. The number of rotatable bonds is 3. The largest absolute Gasteiger partial charge is 0.297 e. The summed E-state index contributed by atoms with van der Waals surface area (Å²) in [6.45, 7) is 4.01. The third kappa shape index (κ3) is 2.65. The maximum Gasteiger partial charge on any atom is 0.188 e. The molecule has 0 aromatic heterocycles. The van der Waals surface area contributed by atoms with Gasteiger partial charge in [0.1, 0.15) is 5.71 Å². The standard InChI is InChI=1S/C16H17NO/c1-11-3-7-13(8-4-11)15(17)16(18)14-9-5-12(2)6-10-14/h3-9,14,17H,10H2,1-2H3. The van der Waals surface area contributed by atoms with Gasteiger partial charge in [-0.2, -0.15) is 0 Å². The van der Waals surface area contributed by atoms with Crippen molar-refractivity contribution < 1.29 is 4.79 Å². The second kappa shape index (κ2) is 5.13. The molecule has 18 heavy (non-hydrogen) atoms. The normalized spacial score (nSPS) is 18.3. The van der Waals surface area contributed by atoms with E-state index in [0.717, 1.165) is 5.56 Å². The van der Waals surface area contributed by atoms with Gasteiger partial charge in [-0.1, -0.05) is 53.6 Å². The lowest BCUT2D eigenvalue weighted by molar-refractivity contribution is -0.115. The van der Waals surface area contributed by atoms with Gasteiger partial charge in [0.2, 0.25) is 0 Å². The Morgan fingerprint density at radius 2 is 1.89 bits per heavy atom. The van der Waals surface area contributed by atoms with Gasteiger partial charge in [-0.15, -0.1) is 0 Å². The molecule has 0 fully saturated rings. The minimum atomic E-state index is -0.178. The third-order valence-corrected chi connectivity index (χ3v) is 3.21. The molecule has 0 heterocycles. The van der Waals surface area contributed by atoms with Crippen LogP contribution in [0.4, 0.5) is 0 Å². The SMILES string of the molecule is CC1=CCC(C(=O)C(=N)c2ccc(C)cc2)C=C1. The summed E-state index contributed by atoms with van der Waals surface area (Å²) < 4.78 is 0. The second-order valence-corrected chi connectivity index (χ2v) is 4.75. The first kappa shape index (κ1) is 12.5. The van der Waals surface area contributed by atoms with Gasteiger partial charge in [0.25, 0.3) is 0 Å². The van der Waals surface area contributed by atoms with Gasteiger partial charge in [0, 0.05) is 11.5 Å². The van der Waals surface area contributed by atoms with E-state index in [1.807, 2.05) is 56.3 Å². The zero-order chi connectivity index (χ0) is 13.1. The highest BCUT2D eigenvalue weighted by Gasteiger charge is 2.21. The first-order chi connectivity index (χ1) is 8.58. The molecule has 0 saturated carbocycles. The highest BCUT2D eigenvalue weighted by Crippen LogP contribution is 2.19. The maximum atomic E-state index is 12.2. The minimum Gasteiger partial charge on any atom is -0.297 e. The molecule has 1 aromatic rings. The summed E-state index contributed by atoms with van der Waals surface area (Å²) in [6.07, 6.45) is 6.61. The molecule has 2 nitrogen and oxygen atoms in total. The summed E-state index contributed by atoms with van der Waals surface area (Å²) in [7, 11) is 0. The van der Waals surface area contributed by atoms with Crippen molar-refractivity contribution in [2.24, 2.45) is 5.92 Å². The van der Waals surface area contributed by atoms with E-state index in [9.17, 15) is 4.79 Å². The summed E-state index contributed by atoms with van der Waals surface area (Å²) in [5.74, 6) is -0.277. The number of aryl methyl sites for hydroxylation is 1. The van der Waals surface area contributed by atoms with Crippen LogP contribution in [0.15, 0.2) is 48.1 Å². The summed E-state index contributed by atoms with van der Waals surface area (Å²) in [5, 5.41) is 7.99. The lowest BCUT2D eigenvalue weighted by atomic mass is 9.89. The molecule has 2 heteroatoms. The Balaban J connectivity index is 2.13. The molecular formula is C16H17NO. The predicted octanol–water partition coefficient (Wildman–Crippen LogP) is 3.45. The number of carbonyl (C=O) groups is 1. The molecule has 1 N–H and O–H groups in total. The Labute approximate surface area is 108 Å². The fourth-order valence-corrected chi connectivity index (χ4v) is 1.97. The molecule has 1 aliphatic rings. The van der Waals surface area contributed by atoms with E-state index in [0.29, 0.717) is 12.0 Å². The average molecular weight is 239 g/mol. The van der Waals surface area contributed by atoms with Crippen molar-refractivity contribution in [3.8, 4) is 0 Å². The van der Waals surface area contributed by atoms with Crippen molar-refractivity contribution in [2.75, 3.05) is 0 Å². The molecular weight excluding hydrogens is 222 g/mol. The van der Waals surface area contributed by atoms with E-state index in [1.165, 1.54) is 5.57 Å². The van der Waals surface area contributed by atoms with Crippen LogP contribution < -0.4 is 0 Å². The quantitative estimate of drug-likeness (QED) is 0.806. The van der Waals surface area contributed by atoms with Crippen molar-refractivity contribution in [1.29, 1.82) is 5.41 Å². The molecule has 0 spiro atoms. The molecule has 1 unspecified atom stereocenters. The van der Waals surface area contributed by atoms with Crippen LogP contribution >= 0.6 is 0 Å². The van der Waals surface area contributed by atoms with E-state index in [2.05, 4.69) is 0 Å². The van der Waals surface area contributed by atoms with Crippen molar-refractivity contribution in [1.82, 2.24) is 0 Å². The Kier molecular flexibility index (Phi) is 3.56. The van der Waals surface area contributed by atoms with E-state index < -0.39 is 0 Å². The molecule has 0 radical (unpaired) electrons. The van der Waals surface area contributed by atoms with Crippen molar-refractivity contribution in [3.63, 3.8) is 0 Å². The van der Waals surface area contributed by atoms with Crippen LogP contribution in [0.5, 0.6) is 0 Å². The van der Waals surface area contributed by atoms with Gasteiger partial charge in [-0.3, -0.25) is 10.2 Å². The lowest BCUT2D eigenvalue weighted by Gasteiger charge is -2.14. The van der Waals surface area contributed by atoms with Gasteiger partial charge >= 0.3 is 0 Å². The van der Waals surface area contributed by atoms with Gasteiger partial charge in [-0.25, -0.2) is 0 Å². The topological polar surface area (TPSA) is 40.9 Å².